The molecule has 2 saturated heterocycles. The number of carbonyl (C=O) groups is 1. The van der Waals surface area contributed by atoms with Crippen LogP contribution in [0.15, 0.2) is 30.3 Å². The van der Waals surface area contributed by atoms with Gasteiger partial charge in [0.25, 0.3) is 0 Å². The standard InChI is InChI=1S/C16H22N2O2S.ClH/c19-15(14-10-21-12-18-14)17-11-16(6-8-20-9-7-16)13-4-2-1-3-5-13;/h1-5,14,18H,6-12H2,(H,17,19);1H. The first-order valence-electron chi connectivity index (χ1n) is 7.52. The summed E-state index contributed by atoms with van der Waals surface area (Å²) in [6.45, 7) is 2.23. The second-order valence-electron chi connectivity index (χ2n) is 5.75. The number of hydrogen-bond acceptors (Lipinski definition) is 4. The van der Waals surface area contributed by atoms with E-state index in [1.54, 1.807) is 11.8 Å². The van der Waals surface area contributed by atoms with Crippen molar-refractivity contribution in [2.45, 2.75) is 24.3 Å². The van der Waals surface area contributed by atoms with Gasteiger partial charge in [0.2, 0.25) is 5.91 Å². The molecule has 0 bridgehead atoms. The minimum atomic E-state index is -0.0392. The molecule has 2 fully saturated rings. The van der Waals surface area contributed by atoms with Crippen LogP contribution in [0.1, 0.15) is 18.4 Å². The summed E-state index contributed by atoms with van der Waals surface area (Å²) >= 11 is 1.78. The lowest BCUT2D eigenvalue weighted by molar-refractivity contribution is -0.122. The average molecular weight is 343 g/mol. The maximum atomic E-state index is 12.2. The average Bonchev–Trinajstić information content (AvgIpc) is 3.09. The van der Waals surface area contributed by atoms with E-state index < -0.39 is 0 Å². The highest BCUT2D eigenvalue weighted by atomic mass is 35.5. The van der Waals surface area contributed by atoms with E-state index in [0.29, 0.717) is 6.54 Å². The van der Waals surface area contributed by atoms with E-state index in [2.05, 4.69) is 34.9 Å². The minimum Gasteiger partial charge on any atom is -0.381 e. The second kappa shape index (κ2) is 8.20. The summed E-state index contributed by atoms with van der Waals surface area (Å²) in [7, 11) is 0. The highest BCUT2D eigenvalue weighted by molar-refractivity contribution is 7.99. The van der Waals surface area contributed by atoms with Gasteiger partial charge in [0.1, 0.15) is 0 Å². The van der Waals surface area contributed by atoms with Crippen molar-refractivity contribution in [3.8, 4) is 0 Å². The molecule has 0 spiro atoms. The van der Waals surface area contributed by atoms with Gasteiger partial charge in [-0.05, 0) is 18.4 Å². The lowest BCUT2D eigenvalue weighted by atomic mass is 9.74. The van der Waals surface area contributed by atoms with Crippen molar-refractivity contribution in [2.75, 3.05) is 31.4 Å². The molecule has 0 radical (unpaired) electrons. The van der Waals surface area contributed by atoms with Crippen LogP contribution in [0.3, 0.4) is 0 Å². The molecule has 0 aromatic heterocycles. The Kier molecular flexibility index (Phi) is 6.56. The van der Waals surface area contributed by atoms with Crippen LogP contribution in [0.4, 0.5) is 0 Å². The molecule has 4 nitrogen and oxygen atoms in total. The third-order valence-corrected chi connectivity index (χ3v) is 5.41. The predicted molar refractivity (Wildman–Crippen MR) is 92.7 cm³/mol. The Morgan fingerprint density at radius 1 is 1.32 bits per heavy atom. The minimum absolute atomic E-state index is 0. The number of carbonyl (C=O) groups excluding carboxylic acids is 1. The van der Waals surface area contributed by atoms with Crippen molar-refractivity contribution in [2.24, 2.45) is 0 Å². The number of amides is 1. The van der Waals surface area contributed by atoms with Crippen molar-refractivity contribution in [1.29, 1.82) is 0 Å². The van der Waals surface area contributed by atoms with Gasteiger partial charge in [0.15, 0.2) is 0 Å². The monoisotopic (exact) mass is 342 g/mol. The molecule has 1 amide bonds. The normalized spacial score (nSPS) is 23.5. The summed E-state index contributed by atoms with van der Waals surface area (Å²) in [6.07, 6.45) is 1.92. The summed E-state index contributed by atoms with van der Waals surface area (Å²) < 4.78 is 5.52. The Labute approximate surface area is 142 Å². The first-order valence-corrected chi connectivity index (χ1v) is 8.68. The molecule has 2 N–H and O–H groups in total. The Morgan fingerprint density at radius 2 is 2.05 bits per heavy atom. The molecule has 122 valence electrons. The number of thioether (sulfide) groups is 1. The van der Waals surface area contributed by atoms with Gasteiger partial charge in [0, 0.05) is 36.8 Å². The first-order chi connectivity index (χ1) is 10.3. The first kappa shape index (κ1) is 17.6. The Morgan fingerprint density at radius 3 is 2.68 bits per heavy atom. The number of ether oxygens (including phenoxy) is 1. The molecular weight excluding hydrogens is 320 g/mol. The Bertz CT molecular complexity index is 474. The number of nitrogens with one attached hydrogen (secondary N) is 2. The zero-order valence-corrected chi connectivity index (χ0v) is 14.2. The van der Waals surface area contributed by atoms with Gasteiger partial charge in [0.05, 0.1) is 6.04 Å². The molecule has 2 aliphatic heterocycles. The largest absolute Gasteiger partial charge is 0.381 e. The van der Waals surface area contributed by atoms with E-state index in [9.17, 15) is 4.79 Å². The SMILES string of the molecule is Cl.O=C(NCC1(c2ccccc2)CCOCC1)C1CSCN1. The van der Waals surface area contributed by atoms with Gasteiger partial charge in [-0.25, -0.2) is 0 Å². The highest BCUT2D eigenvalue weighted by Crippen LogP contribution is 2.34. The van der Waals surface area contributed by atoms with Crippen LogP contribution >= 0.6 is 24.2 Å². The van der Waals surface area contributed by atoms with E-state index in [4.69, 9.17) is 4.74 Å². The predicted octanol–water partition coefficient (Wildman–Crippen LogP) is 1.94. The van der Waals surface area contributed by atoms with Gasteiger partial charge in [-0.1, -0.05) is 30.3 Å². The summed E-state index contributed by atoms with van der Waals surface area (Å²) in [5.74, 6) is 1.87. The molecule has 6 heteroatoms. The van der Waals surface area contributed by atoms with Crippen molar-refractivity contribution in [3.63, 3.8) is 0 Å². The molecule has 3 rings (SSSR count). The Hall–Kier alpha value is -0.750. The van der Waals surface area contributed by atoms with Crippen molar-refractivity contribution in [3.05, 3.63) is 35.9 Å². The van der Waals surface area contributed by atoms with E-state index in [-0.39, 0.29) is 29.8 Å². The fourth-order valence-electron chi connectivity index (χ4n) is 3.06. The maximum Gasteiger partial charge on any atom is 0.238 e. The van der Waals surface area contributed by atoms with Gasteiger partial charge in [-0.2, -0.15) is 0 Å². The molecule has 0 saturated carbocycles. The van der Waals surface area contributed by atoms with Crippen molar-refractivity contribution >= 4 is 30.1 Å². The van der Waals surface area contributed by atoms with E-state index >= 15 is 0 Å². The topological polar surface area (TPSA) is 50.4 Å². The molecule has 1 unspecified atom stereocenters. The van der Waals surface area contributed by atoms with E-state index in [0.717, 1.165) is 37.7 Å². The summed E-state index contributed by atoms with van der Waals surface area (Å²) in [5.41, 5.74) is 1.32. The molecular formula is C16H23ClN2O2S. The smallest absolute Gasteiger partial charge is 0.238 e. The summed E-state index contributed by atoms with van der Waals surface area (Å²) in [4.78, 5) is 12.2. The zero-order valence-electron chi connectivity index (χ0n) is 12.5. The van der Waals surface area contributed by atoms with Crippen LogP contribution in [0.5, 0.6) is 0 Å². The van der Waals surface area contributed by atoms with Crippen LogP contribution in [-0.4, -0.2) is 43.3 Å². The molecule has 0 aliphatic carbocycles. The summed E-state index contributed by atoms with van der Waals surface area (Å²) in [5, 5.41) is 6.39. The van der Waals surface area contributed by atoms with Crippen LogP contribution in [0.2, 0.25) is 0 Å². The van der Waals surface area contributed by atoms with E-state index in [1.807, 2.05) is 6.07 Å². The van der Waals surface area contributed by atoms with Crippen molar-refractivity contribution in [1.82, 2.24) is 10.6 Å². The number of hydrogen-bond donors (Lipinski definition) is 2. The third kappa shape index (κ3) is 3.96. The third-order valence-electron chi connectivity index (χ3n) is 4.47. The molecule has 22 heavy (non-hydrogen) atoms. The molecule has 2 aliphatic rings. The fraction of sp³-hybridized carbons (Fsp3) is 0.562. The van der Waals surface area contributed by atoms with Crippen molar-refractivity contribution < 1.29 is 9.53 Å². The lowest BCUT2D eigenvalue weighted by Gasteiger charge is -2.38. The number of rotatable bonds is 4. The summed E-state index contributed by atoms with van der Waals surface area (Å²) in [6, 6.07) is 10.5. The maximum absolute atomic E-state index is 12.2. The van der Waals surface area contributed by atoms with Crippen LogP contribution < -0.4 is 10.6 Å². The zero-order chi connectivity index (χ0) is 14.5. The number of benzene rings is 1. The lowest BCUT2D eigenvalue weighted by Crippen LogP contribution is -2.49. The Balaban J connectivity index is 0.00000176. The van der Waals surface area contributed by atoms with Crippen LogP contribution in [0.25, 0.3) is 0 Å². The molecule has 1 atom stereocenters. The van der Waals surface area contributed by atoms with Crippen LogP contribution in [0, 0.1) is 0 Å². The van der Waals surface area contributed by atoms with Gasteiger partial charge < -0.3 is 10.1 Å². The van der Waals surface area contributed by atoms with E-state index in [1.165, 1.54) is 5.56 Å². The molecule has 1 aromatic carbocycles. The molecule has 2 heterocycles. The van der Waals surface area contributed by atoms with Gasteiger partial charge >= 0.3 is 0 Å². The second-order valence-corrected chi connectivity index (χ2v) is 6.78. The highest BCUT2D eigenvalue weighted by Gasteiger charge is 2.35. The van der Waals surface area contributed by atoms with Gasteiger partial charge in [-0.3, -0.25) is 10.1 Å². The van der Waals surface area contributed by atoms with Gasteiger partial charge in [-0.15, -0.1) is 24.2 Å². The van der Waals surface area contributed by atoms with Crippen LogP contribution in [-0.2, 0) is 14.9 Å². The quantitative estimate of drug-likeness (QED) is 0.878. The molecule has 1 aromatic rings. The fourth-order valence-corrected chi connectivity index (χ4v) is 4.01. The number of halogens is 1.